The SMILES string of the molecule is CS(=O)(=O)N1CCCC(O)C1C1c2ccc(F)cc2-c2cncn21. The Hall–Kier alpha value is -1.77. The predicted molar refractivity (Wildman–Crippen MR) is 86.3 cm³/mol. The van der Waals surface area contributed by atoms with Crippen LogP contribution in [0.3, 0.4) is 0 Å². The molecule has 1 fully saturated rings. The van der Waals surface area contributed by atoms with Gasteiger partial charge in [-0.05, 0) is 30.5 Å². The first-order valence-electron chi connectivity index (χ1n) is 7.84. The minimum atomic E-state index is -3.48. The van der Waals surface area contributed by atoms with Crippen molar-refractivity contribution in [2.75, 3.05) is 12.8 Å². The second kappa shape index (κ2) is 5.37. The van der Waals surface area contributed by atoms with Crippen LogP contribution in [0.5, 0.6) is 0 Å². The maximum atomic E-state index is 13.7. The van der Waals surface area contributed by atoms with Crippen molar-refractivity contribution in [1.82, 2.24) is 13.9 Å². The van der Waals surface area contributed by atoms with E-state index >= 15 is 0 Å². The lowest BCUT2D eigenvalue weighted by molar-refractivity contribution is 0.0350. The standard InChI is InChI=1S/C16H18FN3O3S/c1-24(22,23)20-6-2-3-14(21)16(20)15-11-5-4-10(17)7-12(11)13-8-18-9-19(13)15/h4-5,7-9,14-16,21H,2-3,6H2,1H3. The third-order valence-corrected chi connectivity index (χ3v) is 6.21. The van der Waals surface area contributed by atoms with Crippen LogP contribution in [0.4, 0.5) is 4.39 Å². The Kier molecular flexibility index (Phi) is 3.52. The molecule has 3 heterocycles. The summed E-state index contributed by atoms with van der Waals surface area (Å²) in [6.45, 7) is 0.373. The van der Waals surface area contributed by atoms with E-state index in [1.165, 1.54) is 16.4 Å². The number of nitrogens with zero attached hydrogens (tertiary/aromatic N) is 3. The van der Waals surface area contributed by atoms with Crippen molar-refractivity contribution >= 4 is 10.0 Å². The molecule has 0 aliphatic carbocycles. The topological polar surface area (TPSA) is 75.4 Å². The van der Waals surface area contributed by atoms with E-state index in [1.807, 2.05) is 4.57 Å². The van der Waals surface area contributed by atoms with Gasteiger partial charge in [-0.25, -0.2) is 17.8 Å². The molecule has 1 aromatic heterocycles. The van der Waals surface area contributed by atoms with Crippen molar-refractivity contribution in [3.8, 4) is 11.3 Å². The lowest BCUT2D eigenvalue weighted by Crippen LogP contribution is -2.54. The fourth-order valence-corrected chi connectivity index (χ4v) is 5.12. The Morgan fingerprint density at radius 3 is 2.92 bits per heavy atom. The van der Waals surface area contributed by atoms with E-state index < -0.39 is 28.2 Å². The molecule has 0 saturated carbocycles. The van der Waals surface area contributed by atoms with Gasteiger partial charge in [0, 0.05) is 12.1 Å². The lowest BCUT2D eigenvalue weighted by atomic mass is 9.90. The number of halogens is 1. The smallest absolute Gasteiger partial charge is 0.211 e. The molecule has 2 aromatic rings. The van der Waals surface area contributed by atoms with Crippen LogP contribution in [-0.4, -0.2) is 52.3 Å². The number of benzene rings is 1. The van der Waals surface area contributed by atoms with E-state index in [1.54, 1.807) is 18.6 Å². The van der Waals surface area contributed by atoms with Crippen molar-refractivity contribution in [2.45, 2.75) is 31.0 Å². The van der Waals surface area contributed by atoms with Gasteiger partial charge in [0.2, 0.25) is 10.0 Å². The number of fused-ring (bicyclic) bond motifs is 3. The minimum absolute atomic E-state index is 0.355. The molecule has 0 bridgehead atoms. The first-order valence-corrected chi connectivity index (χ1v) is 9.69. The quantitative estimate of drug-likeness (QED) is 0.887. The zero-order valence-corrected chi connectivity index (χ0v) is 13.9. The average Bonchev–Trinajstić information content (AvgIpc) is 3.07. The monoisotopic (exact) mass is 351 g/mol. The second-order valence-electron chi connectivity index (χ2n) is 6.44. The normalized spacial score (nSPS) is 27.0. The number of piperidine rings is 1. The molecular weight excluding hydrogens is 333 g/mol. The largest absolute Gasteiger partial charge is 0.391 e. The minimum Gasteiger partial charge on any atom is -0.391 e. The van der Waals surface area contributed by atoms with Crippen molar-refractivity contribution in [2.24, 2.45) is 0 Å². The van der Waals surface area contributed by atoms with Crippen molar-refractivity contribution < 1.29 is 17.9 Å². The van der Waals surface area contributed by atoms with E-state index in [0.717, 1.165) is 17.5 Å². The Morgan fingerprint density at radius 2 is 2.17 bits per heavy atom. The predicted octanol–water partition coefficient (Wildman–Crippen LogP) is 1.38. The fourth-order valence-electron chi connectivity index (χ4n) is 3.96. The molecule has 128 valence electrons. The van der Waals surface area contributed by atoms with Crippen LogP contribution in [0.15, 0.2) is 30.7 Å². The van der Waals surface area contributed by atoms with Crippen LogP contribution < -0.4 is 0 Å². The number of sulfonamides is 1. The highest BCUT2D eigenvalue weighted by atomic mass is 32.2. The Morgan fingerprint density at radius 1 is 1.38 bits per heavy atom. The summed E-state index contributed by atoms with van der Waals surface area (Å²) in [4.78, 5) is 4.12. The van der Waals surface area contributed by atoms with Crippen molar-refractivity contribution in [3.63, 3.8) is 0 Å². The number of aromatic nitrogens is 2. The first-order chi connectivity index (χ1) is 11.4. The molecule has 0 amide bonds. The average molecular weight is 351 g/mol. The van der Waals surface area contributed by atoms with Crippen LogP contribution in [0.2, 0.25) is 0 Å². The number of aliphatic hydroxyl groups excluding tert-OH is 1. The van der Waals surface area contributed by atoms with Gasteiger partial charge in [0.1, 0.15) is 5.82 Å². The Bertz CT molecular complexity index is 896. The molecule has 8 heteroatoms. The second-order valence-corrected chi connectivity index (χ2v) is 8.37. The van der Waals surface area contributed by atoms with Gasteiger partial charge in [-0.1, -0.05) is 6.07 Å². The summed E-state index contributed by atoms with van der Waals surface area (Å²) >= 11 is 0. The molecule has 1 saturated heterocycles. The highest BCUT2D eigenvalue weighted by Gasteiger charge is 2.45. The summed E-state index contributed by atoms with van der Waals surface area (Å²) in [6.07, 6.45) is 4.77. The molecule has 0 spiro atoms. The maximum absolute atomic E-state index is 13.7. The van der Waals surface area contributed by atoms with Gasteiger partial charge in [0.15, 0.2) is 0 Å². The van der Waals surface area contributed by atoms with E-state index in [9.17, 15) is 17.9 Å². The van der Waals surface area contributed by atoms with Crippen LogP contribution >= 0.6 is 0 Å². The summed E-state index contributed by atoms with van der Waals surface area (Å²) in [5, 5.41) is 10.6. The Balaban J connectivity index is 1.89. The van der Waals surface area contributed by atoms with E-state index in [4.69, 9.17) is 0 Å². The van der Waals surface area contributed by atoms with Gasteiger partial charge in [-0.15, -0.1) is 0 Å². The van der Waals surface area contributed by atoms with Crippen molar-refractivity contribution in [3.05, 3.63) is 42.1 Å². The van der Waals surface area contributed by atoms with Crippen LogP contribution in [-0.2, 0) is 10.0 Å². The number of aliphatic hydroxyl groups is 1. The molecule has 3 atom stereocenters. The summed E-state index contributed by atoms with van der Waals surface area (Å²) in [5.74, 6) is -0.355. The third kappa shape index (κ3) is 2.28. The zero-order chi connectivity index (χ0) is 17.1. The number of rotatable bonds is 2. The Labute approximate surface area is 139 Å². The summed E-state index contributed by atoms with van der Waals surface area (Å²) in [5.41, 5.74) is 2.25. The van der Waals surface area contributed by atoms with E-state index in [-0.39, 0.29) is 5.82 Å². The number of hydrogen-bond donors (Lipinski definition) is 1. The van der Waals surface area contributed by atoms with Crippen LogP contribution in [0.1, 0.15) is 24.4 Å². The van der Waals surface area contributed by atoms with Crippen molar-refractivity contribution in [1.29, 1.82) is 0 Å². The molecular formula is C16H18FN3O3S. The van der Waals surface area contributed by atoms with Gasteiger partial charge < -0.3 is 9.67 Å². The molecule has 3 unspecified atom stereocenters. The third-order valence-electron chi connectivity index (χ3n) is 4.93. The number of hydrogen-bond acceptors (Lipinski definition) is 4. The van der Waals surface area contributed by atoms with E-state index in [2.05, 4.69) is 4.98 Å². The molecule has 4 rings (SSSR count). The van der Waals surface area contributed by atoms with Gasteiger partial charge in [-0.2, -0.15) is 4.31 Å². The summed E-state index contributed by atoms with van der Waals surface area (Å²) in [7, 11) is -3.48. The van der Waals surface area contributed by atoms with Gasteiger partial charge >= 0.3 is 0 Å². The molecule has 6 nitrogen and oxygen atoms in total. The fraction of sp³-hybridized carbons (Fsp3) is 0.438. The molecule has 1 N–H and O–H groups in total. The molecule has 2 aliphatic rings. The molecule has 24 heavy (non-hydrogen) atoms. The molecule has 2 aliphatic heterocycles. The van der Waals surface area contributed by atoms with Gasteiger partial charge in [-0.3, -0.25) is 0 Å². The maximum Gasteiger partial charge on any atom is 0.211 e. The summed E-state index contributed by atoms with van der Waals surface area (Å²) in [6, 6.07) is 3.43. The van der Waals surface area contributed by atoms with E-state index in [0.29, 0.717) is 24.9 Å². The van der Waals surface area contributed by atoms with Crippen LogP contribution in [0.25, 0.3) is 11.3 Å². The highest BCUT2D eigenvalue weighted by molar-refractivity contribution is 7.88. The zero-order valence-electron chi connectivity index (χ0n) is 13.1. The lowest BCUT2D eigenvalue weighted by Gasteiger charge is -2.41. The van der Waals surface area contributed by atoms with Crippen LogP contribution in [0, 0.1) is 5.82 Å². The van der Waals surface area contributed by atoms with Gasteiger partial charge in [0.25, 0.3) is 0 Å². The summed E-state index contributed by atoms with van der Waals surface area (Å²) < 4.78 is 41.4. The molecule has 1 aromatic carbocycles. The molecule has 0 radical (unpaired) electrons. The number of imidazole rings is 1. The first kappa shape index (κ1) is 15.7. The van der Waals surface area contributed by atoms with Gasteiger partial charge in [0.05, 0.1) is 42.7 Å². The highest BCUT2D eigenvalue weighted by Crippen LogP contribution is 2.44.